The minimum absolute atomic E-state index is 0.0431. The number of methoxy groups -OCH3 is 1. The predicted octanol–water partition coefficient (Wildman–Crippen LogP) is 3.48. The number of ether oxygens (including phenoxy) is 1. The molecule has 0 bridgehead atoms. The fraction of sp³-hybridized carbons (Fsp3) is 0.647. The summed E-state index contributed by atoms with van der Waals surface area (Å²) in [7, 11) is 1.75. The second-order valence-electron chi connectivity index (χ2n) is 6.17. The van der Waals surface area contributed by atoms with Gasteiger partial charge in [-0.25, -0.2) is 0 Å². The standard InChI is InChI=1S/C17H27ClN2O/c1-12(19)17(15-5-4-6-16(18)11-15)20(9-10-21-3)13(2)14-7-8-14/h4-6,11-14,17H,7-10,19H2,1-3H3. The molecule has 0 saturated heterocycles. The van der Waals surface area contributed by atoms with E-state index >= 15 is 0 Å². The van der Waals surface area contributed by atoms with E-state index in [0.29, 0.717) is 6.04 Å². The summed E-state index contributed by atoms with van der Waals surface area (Å²) in [5.41, 5.74) is 7.52. The lowest BCUT2D eigenvalue weighted by molar-refractivity contribution is 0.0719. The third-order valence-electron chi connectivity index (χ3n) is 4.43. The average molecular weight is 311 g/mol. The molecule has 2 rings (SSSR count). The van der Waals surface area contributed by atoms with Crippen molar-refractivity contribution in [1.29, 1.82) is 0 Å². The molecular weight excluding hydrogens is 284 g/mol. The first-order chi connectivity index (χ1) is 10.0. The maximum absolute atomic E-state index is 6.32. The van der Waals surface area contributed by atoms with Gasteiger partial charge in [0.1, 0.15) is 0 Å². The van der Waals surface area contributed by atoms with E-state index in [0.717, 1.165) is 24.1 Å². The van der Waals surface area contributed by atoms with Gasteiger partial charge in [0.25, 0.3) is 0 Å². The summed E-state index contributed by atoms with van der Waals surface area (Å²) in [5.74, 6) is 0.794. The highest BCUT2D eigenvalue weighted by Crippen LogP contribution is 2.39. The minimum atomic E-state index is 0.0431. The number of nitrogens with two attached hydrogens (primary N) is 1. The summed E-state index contributed by atoms with van der Waals surface area (Å²) in [5, 5.41) is 0.768. The third-order valence-corrected chi connectivity index (χ3v) is 4.66. The normalized spacial score (nSPS) is 19.5. The SMILES string of the molecule is COCCN(C(C)C1CC1)C(c1cccc(Cl)c1)C(C)N. The van der Waals surface area contributed by atoms with Crippen molar-refractivity contribution in [2.75, 3.05) is 20.3 Å². The third kappa shape index (κ3) is 4.43. The van der Waals surface area contributed by atoms with Gasteiger partial charge in [-0.1, -0.05) is 23.7 Å². The van der Waals surface area contributed by atoms with Crippen LogP contribution in [0.5, 0.6) is 0 Å². The Hall–Kier alpha value is -0.610. The van der Waals surface area contributed by atoms with Crippen molar-refractivity contribution >= 4 is 11.6 Å². The summed E-state index contributed by atoms with van der Waals surface area (Å²) in [6.07, 6.45) is 2.65. The van der Waals surface area contributed by atoms with Gasteiger partial charge in [0.15, 0.2) is 0 Å². The van der Waals surface area contributed by atoms with Crippen molar-refractivity contribution in [3.8, 4) is 0 Å². The topological polar surface area (TPSA) is 38.5 Å². The van der Waals surface area contributed by atoms with Gasteiger partial charge in [0, 0.05) is 30.8 Å². The first-order valence-electron chi connectivity index (χ1n) is 7.80. The van der Waals surface area contributed by atoms with Crippen molar-refractivity contribution in [2.45, 2.75) is 44.8 Å². The Bertz CT molecular complexity index is 448. The Morgan fingerprint density at radius 1 is 1.38 bits per heavy atom. The van der Waals surface area contributed by atoms with Crippen LogP contribution < -0.4 is 5.73 Å². The van der Waals surface area contributed by atoms with E-state index in [1.807, 2.05) is 18.2 Å². The monoisotopic (exact) mass is 310 g/mol. The van der Waals surface area contributed by atoms with Crippen LogP contribution in [0, 0.1) is 5.92 Å². The second-order valence-corrected chi connectivity index (χ2v) is 6.60. The first-order valence-corrected chi connectivity index (χ1v) is 8.18. The van der Waals surface area contributed by atoms with Crippen LogP contribution in [-0.4, -0.2) is 37.2 Å². The maximum atomic E-state index is 6.32. The molecule has 3 nitrogen and oxygen atoms in total. The Morgan fingerprint density at radius 3 is 2.62 bits per heavy atom. The number of hydrogen-bond donors (Lipinski definition) is 1. The smallest absolute Gasteiger partial charge is 0.0590 e. The van der Waals surface area contributed by atoms with Gasteiger partial charge in [-0.3, -0.25) is 4.90 Å². The maximum Gasteiger partial charge on any atom is 0.0590 e. The molecule has 1 aliphatic carbocycles. The van der Waals surface area contributed by atoms with E-state index in [4.69, 9.17) is 22.1 Å². The van der Waals surface area contributed by atoms with Crippen molar-refractivity contribution in [3.05, 3.63) is 34.9 Å². The van der Waals surface area contributed by atoms with Gasteiger partial charge in [0.05, 0.1) is 12.6 Å². The molecule has 3 atom stereocenters. The molecule has 3 unspecified atom stereocenters. The molecule has 1 aromatic rings. The highest BCUT2D eigenvalue weighted by molar-refractivity contribution is 6.30. The molecule has 2 N–H and O–H groups in total. The molecule has 0 spiro atoms. The molecule has 4 heteroatoms. The lowest BCUT2D eigenvalue weighted by Crippen LogP contribution is -2.46. The number of rotatable bonds is 8. The van der Waals surface area contributed by atoms with Crippen LogP contribution in [0.4, 0.5) is 0 Å². The summed E-state index contributed by atoms with van der Waals surface area (Å²) in [4.78, 5) is 2.50. The van der Waals surface area contributed by atoms with Gasteiger partial charge >= 0.3 is 0 Å². The van der Waals surface area contributed by atoms with Gasteiger partial charge in [0.2, 0.25) is 0 Å². The highest BCUT2D eigenvalue weighted by atomic mass is 35.5. The predicted molar refractivity (Wildman–Crippen MR) is 88.6 cm³/mol. The first kappa shape index (κ1) is 16.8. The summed E-state index contributed by atoms with van der Waals surface area (Å²) < 4.78 is 5.30. The van der Waals surface area contributed by atoms with Crippen LogP contribution in [-0.2, 0) is 4.74 Å². The molecular formula is C17H27ClN2O. The van der Waals surface area contributed by atoms with E-state index in [9.17, 15) is 0 Å². The van der Waals surface area contributed by atoms with Crippen molar-refractivity contribution in [3.63, 3.8) is 0 Å². The Labute approximate surface area is 133 Å². The zero-order valence-electron chi connectivity index (χ0n) is 13.3. The van der Waals surface area contributed by atoms with Gasteiger partial charge < -0.3 is 10.5 Å². The quantitative estimate of drug-likeness (QED) is 0.799. The fourth-order valence-electron chi connectivity index (χ4n) is 3.13. The number of benzene rings is 1. The van der Waals surface area contributed by atoms with Crippen LogP contribution in [0.3, 0.4) is 0 Å². The van der Waals surface area contributed by atoms with Gasteiger partial charge in [-0.15, -0.1) is 0 Å². The number of nitrogens with zero attached hydrogens (tertiary/aromatic N) is 1. The number of hydrogen-bond acceptors (Lipinski definition) is 3. The second kappa shape index (κ2) is 7.59. The molecule has 0 aliphatic heterocycles. The fourth-order valence-corrected chi connectivity index (χ4v) is 3.33. The summed E-state index contributed by atoms with van der Waals surface area (Å²) in [6.45, 7) is 6.01. The molecule has 1 saturated carbocycles. The van der Waals surface area contributed by atoms with Crippen molar-refractivity contribution in [2.24, 2.45) is 11.7 Å². The van der Waals surface area contributed by atoms with Crippen LogP contribution in [0.15, 0.2) is 24.3 Å². The molecule has 0 heterocycles. The van der Waals surface area contributed by atoms with E-state index in [1.165, 1.54) is 18.4 Å². The molecule has 0 amide bonds. The van der Waals surface area contributed by atoms with Crippen LogP contribution in [0.2, 0.25) is 5.02 Å². The van der Waals surface area contributed by atoms with Gasteiger partial charge in [-0.05, 0) is 50.3 Å². The Kier molecular flexibility index (Phi) is 6.06. The zero-order valence-corrected chi connectivity index (χ0v) is 14.0. The van der Waals surface area contributed by atoms with Crippen molar-refractivity contribution in [1.82, 2.24) is 4.90 Å². The molecule has 21 heavy (non-hydrogen) atoms. The summed E-state index contributed by atoms with van der Waals surface area (Å²) >= 11 is 6.17. The molecule has 0 radical (unpaired) electrons. The van der Waals surface area contributed by atoms with Gasteiger partial charge in [-0.2, -0.15) is 0 Å². The van der Waals surface area contributed by atoms with Crippen molar-refractivity contribution < 1.29 is 4.74 Å². The molecule has 1 fully saturated rings. The Balaban J connectivity index is 2.26. The van der Waals surface area contributed by atoms with E-state index in [-0.39, 0.29) is 12.1 Å². The largest absolute Gasteiger partial charge is 0.383 e. The van der Waals surface area contributed by atoms with E-state index in [1.54, 1.807) is 7.11 Å². The average Bonchev–Trinajstić information content (AvgIpc) is 3.26. The lowest BCUT2D eigenvalue weighted by Gasteiger charge is -2.39. The highest BCUT2D eigenvalue weighted by Gasteiger charge is 2.36. The lowest BCUT2D eigenvalue weighted by atomic mass is 9.96. The summed E-state index contributed by atoms with van der Waals surface area (Å²) in [6, 6.07) is 8.82. The van der Waals surface area contributed by atoms with E-state index in [2.05, 4.69) is 24.8 Å². The van der Waals surface area contributed by atoms with E-state index < -0.39 is 0 Å². The molecule has 1 aliphatic rings. The van der Waals surface area contributed by atoms with Crippen LogP contribution in [0.25, 0.3) is 0 Å². The molecule has 118 valence electrons. The number of halogens is 1. The zero-order chi connectivity index (χ0) is 15.4. The van der Waals surface area contributed by atoms with Crippen LogP contribution in [0.1, 0.15) is 38.3 Å². The minimum Gasteiger partial charge on any atom is -0.383 e. The van der Waals surface area contributed by atoms with Crippen LogP contribution >= 0.6 is 11.6 Å². The molecule has 1 aromatic carbocycles. The Morgan fingerprint density at radius 2 is 2.10 bits per heavy atom. The molecule has 0 aromatic heterocycles.